The van der Waals surface area contributed by atoms with Gasteiger partial charge < -0.3 is 9.15 Å². The first-order chi connectivity index (χ1) is 15.8. The zero-order chi connectivity index (χ0) is 23.6. The van der Waals surface area contributed by atoms with Gasteiger partial charge in [-0.25, -0.2) is 17.9 Å². The fourth-order valence-corrected chi connectivity index (χ4v) is 4.71. The third-order valence-corrected chi connectivity index (χ3v) is 6.81. The zero-order valence-electron chi connectivity index (χ0n) is 18.7. The number of hydrogen-bond acceptors (Lipinski definition) is 6. The van der Waals surface area contributed by atoms with E-state index in [9.17, 15) is 13.2 Å². The van der Waals surface area contributed by atoms with Gasteiger partial charge in [0.25, 0.3) is 0 Å². The third kappa shape index (κ3) is 4.84. The molecule has 0 atom stereocenters. The topological polar surface area (TPSA) is 103 Å². The van der Waals surface area contributed by atoms with Crippen molar-refractivity contribution in [1.29, 1.82) is 0 Å². The van der Waals surface area contributed by atoms with Gasteiger partial charge in [0.2, 0.25) is 15.8 Å². The number of aryl methyl sites for hydroxylation is 2. The minimum Gasteiger partial charge on any atom is -0.460 e. The van der Waals surface area contributed by atoms with Crippen LogP contribution >= 0.6 is 0 Å². The molecule has 2 heterocycles. The Hall–Kier alpha value is -3.43. The molecule has 0 fully saturated rings. The molecule has 0 saturated heterocycles. The van der Waals surface area contributed by atoms with Crippen molar-refractivity contribution in [2.24, 2.45) is 7.05 Å². The lowest BCUT2D eigenvalue weighted by Crippen LogP contribution is -2.26. The number of hydrogen-bond donors (Lipinski definition) is 1. The minimum atomic E-state index is -3.74. The number of furan rings is 1. The average molecular weight is 468 g/mol. The SMILES string of the molecule is CCOC(=O)c1oc2ccc(S(=O)(=O)NCCc3cccc(-c4cnn(C)c4)c3)cc2c1C. The Labute approximate surface area is 192 Å². The largest absolute Gasteiger partial charge is 0.460 e. The Morgan fingerprint density at radius 1 is 1.18 bits per heavy atom. The smallest absolute Gasteiger partial charge is 0.374 e. The molecule has 0 aliphatic heterocycles. The van der Waals surface area contributed by atoms with Crippen molar-refractivity contribution in [3.05, 3.63) is 71.7 Å². The number of carbonyl (C=O) groups is 1. The van der Waals surface area contributed by atoms with Gasteiger partial charge in [0.15, 0.2) is 0 Å². The number of fused-ring (bicyclic) bond motifs is 1. The number of nitrogens with zero attached hydrogens (tertiary/aromatic N) is 2. The molecule has 8 nitrogen and oxygen atoms in total. The monoisotopic (exact) mass is 467 g/mol. The zero-order valence-corrected chi connectivity index (χ0v) is 19.5. The van der Waals surface area contributed by atoms with Crippen LogP contribution in [0.5, 0.6) is 0 Å². The van der Waals surface area contributed by atoms with Gasteiger partial charge in [0.1, 0.15) is 5.58 Å². The predicted octanol–water partition coefficient (Wildman–Crippen LogP) is 3.84. The summed E-state index contributed by atoms with van der Waals surface area (Å²) < 4.78 is 40.7. The van der Waals surface area contributed by atoms with Crippen molar-refractivity contribution in [2.75, 3.05) is 13.2 Å². The van der Waals surface area contributed by atoms with Crippen LogP contribution in [0.15, 0.2) is 64.2 Å². The fraction of sp³-hybridized carbons (Fsp3) is 0.250. The first-order valence-electron chi connectivity index (χ1n) is 10.6. The normalized spacial score (nSPS) is 11.7. The summed E-state index contributed by atoms with van der Waals surface area (Å²) in [5, 5.41) is 4.75. The minimum absolute atomic E-state index is 0.0860. The van der Waals surface area contributed by atoms with E-state index in [2.05, 4.69) is 9.82 Å². The number of sulfonamides is 1. The molecule has 0 aliphatic carbocycles. The van der Waals surface area contributed by atoms with Crippen molar-refractivity contribution in [2.45, 2.75) is 25.2 Å². The van der Waals surface area contributed by atoms with E-state index in [4.69, 9.17) is 9.15 Å². The second-order valence-electron chi connectivity index (χ2n) is 7.69. The van der Waals surface area contributed by atoms with E-state index in [0.29, 0.717) is 23.0 Å². The van der Waals surface area contributed by atoms with Crippen LogP contribution in [0.2, 0.25) is 0 Å². The van der Waals surface area contributed by atoms with Crippen LogP contribution in [0.25, 0.3) is 22.1 Å². The summed E-state index contributed by atoms with van der Waals surface area (Å²) in [6.45, 7) is 3.89. The molecule has 0 aliphatic rings. The van der Waals surface area contributed by atoms with Crippen molar-refractivity contribution in [3.8, 4) is 11.1 Å². The van der Waals surface area contributed by atoms with Crippen LogP contribution in [-0.2, 0) is 28.2 Å². The van der Waals surface area contributed by atoms with Gasteiger partial charge in [-0.3, -0.25) is 4.68 Å². The lowest BCUT2D eigenvalue weighted by Gasteiger charge is -2.08. The molecule has 2 aromatic carbocycles. The van der Waals surface area contributed by atoms with Crippen LogP contribution in [-0.4, -0.2) is 37.3 Å². The van der Waals surface area contributed by atoms with Crippen molar-refractivity contribution in [3.63, 3.8) is 0 Å². The van der Waals surface area contributed by atoms with E-state index in [1.807, 2.05) is 37.5 Å². The molecule has 4 aromatic rings. The van der Waals surface area contributed by atoms with Gasteiger partial charge in [-0.05, 0) is 49.6 Å². The van der Waals surface area contributed by atoms with Gasteiger partial charge >= 0.3 is 5.97 Å². The highest BCUT2D eigenvalue weighted by Crippen LogP contribution is 2.28. The molecule has 33 heavy (non-hydrogen) atoms. The van der Waals surface area contributed by atoms with Crippen LogP contribution in [0, 0.1) is 6.92 Å². The van der Waals surface area contributed by atoms with Gasteiger partial charge in [-0.15, -0.1) is 0 Å². The number of ether oxygens (including phenoxy) is 1. The molecule has 0 amide bonds. The van der Waals surface area contributed by atoms with Gasteiger partial charge in [0.05, 0.1) is 17.7 Å². The maximum Gasteiger partial charge on any atom is 0.374 e. The molecule has 0 bridgehead atoms. The van der Waals surface area contributed by atoms with Crippen molar-refractivity contribution in [1.82, 2.24) is 14.5 Å². The molecule has 4 rings (SSSR count). The molecular weight excluding hydrogens is 442 g/mol. The van der Waals surface area contributed by atoms with Crippen molar-refractivity contribution < 1.29 is 22.4 Å². The molecule has 9 heteroatoms. The number of rotatable bonds is 8. The molecule has 0 saturated carbocycles. The summed E-state index contributed by atoms with van der Waals surface area (Å²) in [6.07, 6.45) is 4.26. The Morgan fingerprint density at radius 2 is 2.00 bits per heavy atom. The maximum absolute atomic E-state index is 12.9. The Morgan fingerprint density at radius 3 is 2.73 bits per heavy atom. The van der Waals surface area contributed by atoms with Gasteiger partial charge in [-0.1, -0.05) is 24.3 Å². The first-order valence-corrected chi connectivity index (χ1v) is 12.0. The van der Waals surface area contributed by atoms with Crippen LogP contribution < -0.4 is 4.72 Å². The number of carbonyl (C=O) groups excluding carboxylic acids is 1. The molecule has 0 spiro atoms. The van der Waals surface area contributed by atoms with Crippen LogP contribution in [0.4, 0.5) is 0 Å². The Kier molecular flexibility index (Phi) is 6.35. The summed E-state index contributed by atoms with van der Waals surface area (Å²) in [5.41, 5.74) is 4.03. The Balaban J connectivity index is 1.48. The first kappa shape index (κ1) is 22.8. The Bertz CT molecular complexity index is 1420. The van der Waals surface area contributed by atoms with E-state index in [1.54, 1.807) is 30.8 Å². The van der Waals surface area contributed by atoms with E-state index >= 15 is 0 Å². The average Bonchev–Trinajstić information content (AvgIpc) is 3.37. The number of aromatic nitrogens is 2. The second kappa shape index (κ2) is 9.21. The van der Waals surface area contributed by atoms with E-state index in [0.717, 1.165) is 16.7 Å². The molecule has 0 unspecified atom stereocenters. The lowest BCUT2D eigenvalue weighted by atomic mass is 10.0. The summed E-state index contributed by atoms with van der Waals surface area (Å²) in [5.74, 6) is -0.481. The fourth-order valence-electron chi connectivity index (χ4n) is 3.65. The molecular formula is C24H25N3O5S. The van der Waals surface area contributed by atoms with Gasteiger partial charge in [0, 0.05) is 36.3 Å². The van der Waals surface area contributed by atoms with E-state index < -0.39 is 16.0 Å². The van der Waals surface area contributed by atoms with E-state index in [-0.39, 0.29) is 23.8 Å². The highest BCUT2D eigenvalue weighted by Gasteiger charge is 2.21. The highest BCUT2D eigenvalue weighted by molar-refractivity contribution is 7.89. The molecule has 172 valence electrons. The second-order valence-corrected chi connectivity index (χ2v) is 9.45. The van der Waals surface area contributed by atoms with E-state index in [1.165, 1.54) is 12.1 Å². The lowest BCUT2D eigenvalue weighted by molar-refractivity contribution is 0.0491. The maximum atomic E-state index is 12.9. The number of nitrogens with one attached hydrogen (secondary N) is 1. The van der Waals surface area contributed by atoms with Gasteiger partial charge in [-0.2, -0.15) is 5.10 Å². The summed E-state index contributed by atoms with van der Waals surface area (Å²) in [7, 11) is -1.88. The van der Waals surface area contributed by atoms with Crippen LogP contribution in [0.3, 0.4) is 0 Å². The highest BCUT2D eigenvalue weighted by atomic mass is 32.2. The van der Waals surface area contributed by atoms with Crippen molar-refractivity contribution >= 4 is 27.0 Å². The standard InChI is InChI=1S/C24H25N3O5S/c1-4-31-24(28)23-16(2)21-13-20(8-9-22(21)32-23)33(29,30)26-11-10-17-6-5-7-18(12-17)19-14-25-27(3)15-19/h5-9,12-15,26H,4,10-11H2,1-3H3. The quantitative estimate of drug-likeness (QED) is 0.395. The summed E-state index contributed by atoms with van der Waals surface area (Å²) in [6, 6.07) is 12.5. The number of esters is 1. The predicted molar refractivity (Wildman–Crippen MR) is 124 cm³/mol. The molecule has 0 radical (unpaired) electrons. The summed E-state index contributed by atoms with van der Waals surface area (Å²) >= 11 is 0. The third-order valence-electron chi connectivity index (χ3n) is 5.35. The molecule has 1 N–H and O–H groups in total. The molecule has 2 aromatic heterocycles. The number of benzene rings is 2. The summed E-state index contributed by atoms with van der Waals surface area (Å²) in [4.78, 5) is 12.2. The van der Waals surface area contributed by atoms with Crippen LogP contribution in [0.1, 0.15) is 28.6 Å².